The highest BCUT2D eigenvalue weighted by atomic mass is 16.2. The molecule has 0 unspecified atom stereocenters. The lowest BCUT2D eigenvalue weighted by atomic mass is 10.3. The number of H-pyrrole nitrogens is 1. The Morgan fingerprint density at radius 1 is 1.35 bits per heavy atom. The van der Waals surface area contributed by atoms with E-state index in [1.807, 2.05) is 6.92 Å². The molecule has 1 aliphatic heterocycles. The quantitative estimate of drug-likeness (QED) is 0.853. The lowest BCUT2D eigenvalue weighted by Gasteiger charge is -2.22. The van der Waals surface area contributed by atoms with Crippen molar-refractivity contribution in [3.05, 3.63) is 34.2 Å². The molecular weight excluding hydrogens is 254 g/mol. The molecule has 1 amide bonds. The highest BCUT2D eigenvalue weighted by molar-refractivity contribution is 5.92. The molecular formula is C15H23N3O2. The van der Waals surface area contributed by atoms with Crippen molar-refractivity contribution in [1.82, 2.24) is 14.8 Å². The van der Waals surface area contributed by atoms with E-state index in [0.29, 0.717) is 12.2 Å². The molecule has 1 N–H and O–H groups in total. The summed E-state index contributed by atoms with van der Waals surface area (Å²) in [5.41, 5.74) is 0.143. The summed E-state index contributed by atoms with van der Waals surface area (Å²) in [7, 11) is 0. The fourth-order valence-corrected chi connectivity index (χ4v) is 2.64. The van der Waals surface area contributed by atoms with Gasteiger partial charge in [-0.1, -0.05) is 6.07 Å². The first-order valence-electron chi connectivity index (χ1n) is 7.41. The molecule has 5 nitrogen and oxygen atoms in total. The number of amides is 1. The maximum atomic E-state index is 12.3. The number of aromatic nitrogens is 1. The van der Waals surface area contributed by atoms with Crippen LogP contribution in [0.5, 0.6) is 0 Å². The van der Waals surface area contributed by atoms with Crippen LogP contribution in [0.25, 0.3) is 0 Å². The highest BCUT2D eigenvalue weighted by Crippen LogP contribution is 2.08. The normalized spacial score (nSPS) is 15.4. The first-order chi connectivity index (χ1) is 9.70. The van der Waals surface area contributed by atoms with Gasteiger partial charge in [-0.05, 0) is 51.9 Å². The maximum absolute atomic E-state index is 12.3. The summed E-state index contributed by atoms with van der Waals surface area (Å²) in [5.74, 6) is -0.0911. The number of likely N-dealkylation sites (tertiary alicyclic amines) is 1. The van der Waals surface area contributed by atoms with Crippen molar-refractivity contribution in [1.29, 1.82) is 0 Å². The van der Waals surface area contributed by atoms with Crippen molar-refractivity contribution in [2.24, 2.45) is 0 Å². The van der Waals surface area contributed by atoms with Gasteiger partial charge in [-0.2, -0.15) is 0 Å². The van der Waals surface area contributed by atoms with Gasteiger partial charge in [0.25, 0.3) is 5.91 Å². The molecule has 1 aromatic rings. The summed E-state index contributed by atoms with van der Waals surface area (Å²) in [6.07, 6.45) is 3.57. The number of nitrogens with zero attached hydrogens (tertiary/aromatic N) is 2. The second-order valence-electron chi connectivity index (χ2n) is 5.22. The van der Waals surface area contributed by atoms with Gasteiger partial charge in [0.05, 0.1) is 0 Å². The van der Waals surface area contributed by atoms with Crippen LogP contribution in [0.3, 0.4) is 0 Å². The van der Waals surface area contributed by atoms with Crippen LogP contribution in [-0.4, -0.2) is 53.4 Å². The number of aromatic amines is 1. The molecule has 1 fully saturated rings. The highest BCUT2D eigenvalue weighted by Gasteiger charge is 2.16. The predicted octanol–water partition coefficient (Wildman–Crippen LogP) is 1.32. The number of hydrogen-bond donors (Lipinski definition) is 1. The fraction of sp³-hybridized carbons (Fsp3) is 0.600. The summed E-state index contributed by atoms with van der Waals surface area (Å²) in [5, 5.41) is 0. The zero-order valence-electron chi connectivity index (χ0n) is 12.1. The van der Waals surface area contributed by atoms with Crippen molar-refractivity contribution in [3.63, 3.8) is 0 Å². The third-order valence-corrected chi connectivity index (χ3v) is 3.77. The van der Waals surface area contributed by atoms with E-state index in [9.17, 15) is 9.59 Å². The first-order valence-corrected chi connectivity index (χ1v) is 7.41. The second-order valence-corrected chi connectivity index (χ2v) is 5.22. The smallest absolute Gasteiger partial charge is 0.270 e. The third-order valence-electron chi connectivity index (χ3n) is 3.77. The minimum Gasteiger partial charge on any atom is -0.338 e. The van der Waals surface area contributed by atoms with E-state index in [-0.39, 0.29) is 11.5 Å². The second kappa shape index (κ2) is 7.24. The predicted molar refractivity (Wildman–Crippen MR) is 78.9 cm³/mol. The molecule has 2 rings (SSSR count). The monoisotopic (exact) mass is 277 g/mol. The van der Waals surface area contributed by atoms with Gasteiger partial charge in [0.1, 0.15) is 5.69 Å². The van der Waals surface area contributed by atoms with Crippen molar-refractivity contribution in [2.45, 2.75) is 26.2 Å². The Hall–Kier alpha value is -1.62. The molecule has 1 aliphatic rings. The van der Waals surface area contributed by atoms with Gasteiger partial charge >= 0.3 is 0 Å². The van der Waals surface area contributed by atoms with Crippen LogP contribution in [0, 0.1) is 0 Å². The fourth-order valence-electron chi connectivity index (χ4n) is 2.64. The molecule has 0 spiro atoms. The van der Waals surface area contributed by atoms with Gasteiger partial charge in [-0.3, -0.25) is 9.59 Å². The van der Waals surface area contributed by atoms with Crippen LogP contribution in [0.15, 0.2) is 23.0 Å². The zero-order chi connectivity index (χ0) is 14.4. The van der Waals surface area contributed by atoms with Gasteiger partial charge in [-0.15, -0.1) is 0 Å². The Morgan fingerprint density at radius 2 is 2.10 bits per heavy atom. The maximum Gasteiger partial charge on any atom is 0.270 e. The molecule has 0 atom stereocenters. The lowest BCUT2D eigenvalue weighted by Crippen LogP contribution is -2.35. The summed E-state index contributed by atoms with van der Waals surface area (Å²) < 4.78 is 0. The van der Waals surface area contributed by atoms with Crippen LogP contribution >= 0.6 is 0 Å². The van der Waals surface area contributed by atoms with Crippen molar-refractivity contribution >= 4 is 5.91 Å². The first kappa shape index (κ1) is 14.8. The summed E-state index contributed by atoms with van der Waals surface area (Å²) >= 11 is 0. The number of pyridine rings is 1. The van der Waals surface area contributed by atoms with E-state index in [0.717, 1.165) is 19.5 Å². The molecule has 110 valence electrons. The topological polar surface area (TPSA) is 56.4 Å². The van der Waals surface area contributed by atoms with E-state index in [2.05, 4.69) is 9.88 Å². The molecule has 0 radical (unpaired) electrons. The summed E-state index contributed by atoms with van der Waals surface area (Å²) in [4.78, 5) is 30.4. The molecule has 20 heavy (non-hydrogen) atoms. The van der Waals surface area contributed by atoms with Crippen LogP contribution in [0.1, 0.15) is 36.7 Å². The lowest BCUT2D eigenvalue weighted by molar-refractivity contribution is 0.0752. The van der Waals surface area contributed by atoms with Crippen molar-refractivity contribution in [3.8, 4) is 0 Å². The Morgan fingerprint density at radius 3 is 2.75 bits per heavy atom. The average Bonchev–Trinajstić information content (AvgIpc) is 2.96. The van der Waals surface area contributed by atoms with E-state index in [1.165, 1.54) is 32.0 Å². The Labute approximate surface area is 119 Å². The molecule has 0 aliphatic carbocycles. The van der Waals surface area contributed by atoms with Gasteiger partial charge in [0.2, 0.25) is 5.56 Å². The standard InChI is InChI=1S/C15H23N3O2/c1-2-18(12-6-11-17-9-3-4-10-17)15(20)13-7-5-8-14(19)16-13/h5,7-8H,2-4,6,9-12H2,1H3,(H,16,19). The Bertz CT molecular complexity index is 492. The number of hydrogen-bond acceptors (Lipinski definition) is 3. The Balaban J connectivity index is 1.87. The minimum absolute atomic E-state index is 0.0911. The van der Waals surface area contributed by atoms with Crippen molar-refractivity contribution < 1.29 is 4.79 Å². The van der Waals surface area contributed by atoms with Gasteiger partial charge in [-0.25, -0.2) is 0 Å². The summed E-state index contributed by atoms with van der Waals surface area (Å²) in [6, 6.07) is 4.69. The molecule has 2 heterocycles. The van der Waals surface area contributed by atoms with E-state index in [1.54, 1.807) is 17.0 Å². The zero-order valence-corrected chi connectivity index (χ0v) is 12.1. The molecule has 5 heteroatoms. The largest absolute Gasteiger partial charge is 0.338 e. The Kier molecular flexibility index (Phi) is 5.35. The molecule has 0 bridgehead atoms. The van der Waals surface area contributed by atoms with E-state index >= 15 is 0 Å². The van der Waals surface area contributed by atoms with Crippen LogP contribution in [0.4, 0.5) is 0 Å². The summed E-state index contributed by atoms with van der Waals surface area (Å²) in [6.45, 7) is 6.79. The molecule has 0 aromatic carbocycles. The van der Waals surface area contributed by atoms with E-state index < -0.39 is 0 Å². The number of nitrogens with one attached hydrogen (secondary N) is 1. The SMILES string of the molecule is CCN(CCCN1CCCC1)C(=O)c1cccc(=O)[nH]1. The van der Waals surface area contributed by atoms with E-state index in [4.69, 9.17) is 0 Å². The molecule has 1 saturated heterocycles. The number of carbonyl (C=O) groups is 1. The van der Waals surface area contributed by atoms with Gasteiger partial charge in [0, 0.05) is 19.2 Å². The van der Waals surface area contributed by atoms with Crippen LogP contribution in [-0.2, 0) is 0 Å². The number of carbonyl (C=O) groups excluding carboxylic acids is 1. The minimum atomic E-state index is -0.232. The van der Waals surface area contributed by atoms with Gasteiger partial charge < -0.3 is 14.8 Å². The number of rotatable bonds is 6. The molecule has 0 saturated carbocycles. The van der Waals surface area contributed by atoms with Crippen LogP contribution in [0.2, 0.25) is 0 Å². The third kappa shape index (κ3) is 3.93. The van der Waals surface area contributed by atoms with Crippen LogP contribution < -0.4 is 5.56 Å². The van der Waals surface area contributed by atoms with Gasteiger partial charge in [0.15, 0.2) is 0 Å². The van der Waals surface area contributed by atoms with Crippen molar-refractivity contribution in [2.75, 3.05) is 32.7 Å². The molecule has 1 aromatic heterocycles. The average molecular weight is 277 g/mol.